The number of thiophene rings is 1. The Kier molecular flexibility index (Phi) is 2.73. The van der Waals surface area contributed by atoms with E-state index in [4.69, 9.17) is 0 Å². The molecule has 0 spiro atoms. The van der Waals surface area contributed by atoms with Gasteiger partial charge in [-0.2, -0.15) is 0 Å². The van der Waals surface area contributed by atoms with Crippen LogP contribution in [-0.4, -0.2) is 0 Å². The molecule has 1 heteroatoms. The third kappa shape index (κ3) is 1.64. The molecule has 1 aromatic heterocycles. The molecular weight excluding hydrogens is 212 g/mol. The van der Waals surface area contributed by atoms with Gasteiger partial charge in [0, 0.05) is 9.75 Å². The average Bonchev–Trinajstić information content (AvgIpc) is 2.53. The topological polar surface area (TPSA) is 0 Å². The monoisotopic (exact) mass is 236 g/mol. The van der Waals surface area contributed by atoms with E-state index in [1.165, 1.54) is 19.3 Å². The number of hydrogen-bond donors (Lipinski definition) is 0. The summed E-state index contributed by atoms with van der Waals surface area (Å²) in [6, 6.07) is 0. The van der Waals surface area contributed by atoms with Gasteiger partial charge in [-0.15, -0.1) is 11.3 Å². The van der Waals surface area contributed by atoms with E-state index >= 15 is 0 Å². The van der Waals surface area contributed by atoms with Gasteiger partial charge in [-0.3, -0.25) is 0 Å². The fourth-order valence-electron chi connectivity index (χ4n) is 3.05. The van der Waals surface area contributed by atoms with Crippen LogP contribution in [0.3, 0.4) is 0 Å². The van der Waals surface area contributed by atoms with Gasteiger partial charge in [0.2, 0.25) is 0 Å². The zero-order chi connectivity index (χ0) is 12.1. The SMILES string of the molecule is CCc1sc2c(c1C)C(C)(C)CCC2(C)C. The molecule has 0 atom stereocenters. The van der Waals surface area contributed by atoms with Crippen LogP contribution in [0.5, 0.6) is 0 Å². The van der Waals surface area contributed by atoms with Gasteiger partial charge in [-0.25, -0.2) is 0 Å². The Bertz CT molecular complexity index is 407. The van der Waals surface area contributed by atoms with Crippen molar-refractivity contribution in [3.8, 4) is 0 Å². The van der Waals surface area contributed by atoms with Crippen LogP contribution in [0.15, 0.2) is 0 Å². The average molecular weight is 236 g/mol. The normalized spacial score (nSPS) is 21.9. The molecule has 0 bridgehead atoms. The predicted octanol–water partition coefficient (Wildman–Crippen LogP) is 4.97. The molecule has 90 valence electrons. The van der Waals surface area contributed by atoms with Crippen LogP contribution < -0.4 is 0 Å². The predicted molar refractivity (Wildman–Crippen MR) is 73.7 cm³/mol. The van der Waals surface area contributed by atoms with E-state index in [2.05, 4.69) is 52.9 Å². The Morgan fingerprint density at radius 2 is 1.62 bits per heavy atom. The summed E-state index contributed by atoms with van der Waals surface area (Å²) in [5.74, 6) is 0. The molecule has 0 aromatic carbocycles. The highest BCUT2D eigenvalue weighted by molar-refractivity contribution is 7.12. The van der Waals surface area contributed by atoms with Gasteiger partial charge in [0.05, 0.1) is 0 Å². The van der Waals surface area contributed by atoms with Crippen molar-refractivity contribution in [2.45, 2.75) is 71.6 Å². The zero-order valence-corrected chi connectivity index (χ0v) is 12.3. The van der Waals surface area contributed by atoms with Crippen molar-refractivity contribution in [1.29, 1.82) is 0 Å². The van der Waals surface area contributed by atoms with Gasteiger partial charge in [0.1, 0.15) is 0 Å². The maximum absolute atomic E-state index is 2.42. The molecule has 0 radical (unpaired) electrons. The summed E-state index contributed by atoms with van der Waals surface area (Å²) in [6.07, 6.45) is 3.85. The highest BCUT2D eigenvalue weighted by atomic mass is 32.1. The van der Waals surface area contributed by atoms with E-state index < -0.39 is 0 Å². The van der Waals surface area contributed by atoms with Crippen molar-refractivity contribution in [1.82, 2.24) is 0 Å². The minimum atomic E-state index is 0.388. The molecule has 0 amide bonds. The quantitative estimate of drug-likeness (QED) is 0.646. The van der Waals surface area contributed by atoms with Gasteiger partial charge in [-0.05, 0) is 48.1 Å². The first kappa shape index (κ1) is 12.2. The van der Waals surface area contributed by atoms with Crippen LogP contribution in [0.1, 0.15) is 68.3 Å². The Balaban J connectivity index is 2.68. The lowest BCUT2D eigenvalue weighted by Crippen LogP contribution is -2.32. The Labute approximate surface area is 104 Å². The van der Waals surface area contributed by atoms with Gasteiger partial charge < -0.3 is 0 Å². The largest absolute Gasteiger partial charge is 0.144 e. The second-order valence-electron chi connectivity index (χ2n) is 6.48. The first-order valence-electron chi connectivity index (χ1n) is 6.43. The van der Waals surface area contributed by atoms with Crippen LogP contribution in [0, 0.1) is 6.92 Å². The van der Waals surface area contributed by atoms with Crippen LogP contribution in [0.2, 0.25) is 0 Å². The second-order valence-corrected chi connectivity index (χ2v) is 7.58. The Morgan fingerprint density at radius 1 is 1.06 bits per heavy atom. The van der Waals surface area contributed by atoms with Crippen molar-refractivity contribution in [3.63, 3.8) is 0 Å². The zero-order valence-electron chi connectivity index (χ0n) is 11.5. The summed E-state index contributed by atoms with van der Waals surface area (Å²) in [5.41, 5.74) is 4.04. The van der Waals surface area contributed by atoms with Gasteiger partial charge >= 0.3 is 0 Å². The summed E-state index contributed by atoms with van der Waals surface area (Å²) >= 11 is 2.07. The molecular formula is C15H24S. The van der Waals surface area contributed by atoms with Gasteiger partial charge in [-0.1, -0.05) is 34.6 Å². The fraction of sp³-hybridized carbons (Fsp3) is 0.733. The van der Waals surface area contributed by atoms with E-state index in [0.717, 1.165) is 0 Å². The molecule has 0 N–H and O–H groups in total. The van der Waals surface area contributed by atoms with Crippen LogP contribution in [0.25, 0.3) is 0 Å². The lowest BCUT2D eigenvalue weighted by molar-refractivity contribution is 0.337. The molecule has 0 nitrogen and oxygen atoms in total. The lowest BCUT2D eigenvalue weighted by Gasteiger charge is -2.39. The third-order valence-corrected chi connectivity index (χ3v) is 6.04. The molecule has 1 aliphatic rings. The summed E-state index contributed by atoms with van der Waals surface area (Å²) in [7, 11) is 0. The molecule has 2 rings (SSSR count). The number of aryl methyl sites for hydroxylation is 1. The highest BCUT2D eigenvalue weighted by Crippen LogP contribution is 2.51. The molecule has 0 saturated carbocycles. The van der Waals surface area contributed by atoms with Crippen LogP contribution >= 0.6 is 11.3 Å². The highest BCUT2D eigenvalue weighted by Gasteiger charge is 2.40. The summed E-state index contributed by atoms with van der Waals surface area (Å²) in [5, 5.41) is 0. The van der Waals surface area contributed by atoms with E-state index in [-0.39, 0.29) is 0 Å². The Morgan fingerprint density at radius 3 is 2.12 bits per heavy atom. The minimum Gasteiger partial charge on any atom is -0.144 e. The maximum Gasteiger partial charge on any atom is 0.0145 e. The van der Waals surface area contributed by atoms with E-state index in [1.807, 2.05) is 0 Å². The number of hydrogen-bond acceptors (Lipinski definition) is 1. The molecule has 1 aromatic rings. The summed E-state index contributed by atoms with van der Waals surface area (Å²) < 4.78 is 0. The van der Waals surface area contributed by atoms with Crippen molar-refractivity contribution in [2.24, 2.45) is 0 Å². The standard InChI is InChI=1S/C15H24S/c1-7-11-10(2)12-13(16-11)15(5,6)9-8-14(12,3)4/h7-9H2,1-6H3. The first-order valence-corrected chi connectivity index (χ1v) is 7.24. The van der Waals surface area contributed by atoms with E-state index in [9.17, 15) is 0 Å². The van der Waals surface area contributed by atoms with E-state index in [1.54, 1.807) is 20.9 Å². The Hall–Kier alpha value is -0.300. The summed E-state index contributed by atoms with van der Waals surface area (Å²) in [6.45, 7) is 14.3. The van der Waals surface area contributed by atoms with Gasteiger partial charge in [0.15, 0.2) is 0 Å². The van der Waals surface area contributed by atoms with Crippen molar-refractivity contribution in [3.05, 3.63) is 20.9 Å². The minimum absolute atomic E-state index is 0.388. The first-order chi connectivity index (χ1) is 7.29. The molecule has 1 aliphatic carbocycles. The molecule has 16 heavy (non-hydrogen) atoms. The number of fused-ring (bicyclic) bond motifs is 1. The number of rotatable bonds is 1. The van der Waals surface area contributed by atoms with Crippen molar-refractivity contribution in [2.75, 3.05) is 0 Å². The lowest BCUT2D eigenvalue weighted by atomic mass is 9.66. The van der Waals surface area contributed by atoms with Crippen molar-refractivity contribution >= 4 is 11.3 Å². The molecule has 1 heterocycles. The second kappa shape index (κ2) is 3.60. The maximum atomic E-state index is 2.42. The third-order valence-electron chi connectivity index (χ3n) is 4.23. The van der Waals surface area contributed by atoms with Gasteiger partial charge in [0.25, 0.3) is 0 Å². The molecule has 0 unspecified atom stereocenters. The van der Waals surface area contributed by atoms with Crippen LogP contribution in [-0.2, 0) is 17.3 Å². The molecule has 0 aliphatic heterocycles. The van der Waals surface area contributed by atoms with Crippen molar-refractivity contribution < 1.29 is 0 Å². The smallest absolute Gasteiger partial charge is 0.0145 e. The molecule has 0 saturated heterocycles. The fourth-order valence-corrected chi connectivity index (χ4v) is 4.61. The van der Waals surface area contributed by atoms with Crippen LogP contribution in [0.4, 0.5) is 0 Å². The van der Waals surface area contributed by atoms with E-state index in [0.29, 0.717) is 10.8 Å². The summed E-state index contributed by atoms with van der Waals surface area (Å²) in [4.78, 5) is 3.27. The molecule has 0 fully saturated rings.